The molecule has 4 rings (SSSR count). The Bertz CT molecular complexity index is 736. The molecular formula is C18H19N3O3. The van der Waals surface area contributed by atoms with Gasteiger partial charge in [0.2, 0.25) is 0 Å². The Balaban J connectivity index is 1.68. The molecular weight excluding hydrogens is 306 g/mol. The van der Waals surface area contributed by atoms with E-state index >= 15 is 0 Å². The number of carbonyl (C=O) groups excluding carboxylic acids is 1. The number of hydrogen-bond acceptors (Lipinski definition) is 5. The lowest BCUT2D eigenvalue weighted by Crippen LogP contribution is -2.48. The molecule has 1 fully saturated rings. The monoisotopic (exact) mass is 325 g/mol. The smallest absolute Gasteiger partial charge is 0.258 e. The van der Waals surface area contributed by atoms with E-state index in [9.17, 15) is 4.79 Å². The van der Waals surface area contributed by atoms with Crippen molar-refractivity contribution in [3.05, 3.63) is 53.9 Å². The molecule has 3 heterocycles. The summed E-state index contributed by atoms with van der Waals surface area (Å²) < 4.78 is 11.3. The fourth-order valence-corrected chi connectivity index (χ4v) is 3.22. The van der Waals surface area contributed by atoms with Gasteiger partial charge in [-0.2, -0.15) is 0 Å². The summed E-state index contributed by atoms with van der Waals surface area (Å²) in [5.74, 6) is 1.16. The summed E-state index contributed by atoms with van der Waals surface area (Å²) in [6.07, 6.45) is 3.56. The average Bonchev–Trinajstić information content (AvgIpc) is 2.68. The molecule has 1 aromatic heterocycles. The Labute approximate surface area is 140 Å². The predicted octanol–water partition coefficient (Wildman–Crippen LogP) is 1.64. The summed E-state index contributed by atoms with van der Waals surface area (Å²) >= 11 is 0. The SMILES string of the molecule is O=C(c1cccc2c1OCCO2)N1CCNCC1c1cccnc1. The lowest BCUT2D eigenvalue weighted by molar-refractivity contribution is 0.0624. The largest absolute Gasteiger partial charge is 0.486 e. The third kappa shape index (κ3) is 2.69. The van der Waals surface area contributed by atoms with Gasteiger partial charge in [0.15, 0.2) is 11.5 Å². The normalized spacial score (nSPS) is 19.8. The number of ether oxygens (including phenoxy) is 2. The zero-order chi connectivity index (χ0) is 16.4. The minimum absolute atomic E-state index is 0.0345. The minimum atomic E-state index is -0.0414. The molecule has 2 aromatic rings. The van der Waals surface area contributed by atoms with Crippen molar-refractivity contribution in [1.29, 1.82) is 0 Å². The Morgan fingerprint density at radius 2 is 2.12 bits per heavy atom. The Morgan fingerprint density at radius 3 is 3.00 bits per heavy atom. The van der Waals surface area contributed by atoms with Gasteiger partial charge in [0, 0.05) is 32.0 Å². The lowest BCUT2D eigenvalue weighted by Gasteiger charge is -2.37. The second kappa shape index (κ2) is 6.49. The minimum Gasteiger partial charge on any atom is -0.486 e. The van der Waals surface area contributed by atoms with Crippen molar-refractivity contribution in [2.75, 3.05) is 32.8 Å². The number of hydrogen-bond donors (Lipinski definition) is 1. The second-order valence-electron chi connectivity index (χ2n) is 5.83. The summed E-state index contributed by atoms with van der Waals surface area (Å²) in [5.41, 5.74) is 1.59. The number of rotatable bonds is 2. The van der Waals surface area contributed by atoms with E-state index in [0.29, 0.717) is 43.4 Å². The zero-order valence-electron chi connectivity index (χ0n) is 13.3. The maximum Gasteiger partial charge on any atom is 0.258 e. The molecule has 2 aliphatic heterocycles. The van der Waals surface area contributed by atoms with E-state index in [2.05, 4.69) is 10.3 Å². The molecule has 6 heteroatoms. The van der Waals surface area contributed by atoms with Crippen molar-refractivity contribution in [3.8, 4) is 11.5 Å². The standard InChI is InChI=1S/C18H19N3O3/c22-18(14-4-1-5-16-17(14)24-10-9-23-16)21-8-7-20-12-15(21)13-3-2-6-19-11-13/h1-6,11,15,20H,7-10,12H2. The summed E-state index contributed by atoms with van der Waals surface area (Å²) in [5, 5.41) is 3.35. The van der Waals surface area contributed by atoms with Crippen LogP contribution in [0.15, 0.2) is 42.7 Å². The number of carbonyl (C=O) groups is 1. The molecule has 1 amide bonds. The molecule has 1 aromatic carbocycles. The quantitative estimate of drug-likeness (QED) is 0.909. The van der Waals surface area contributed by atoms with E-state index in [-0.39, 0.29) is 11.9 Å². The van der Waals surface area contributed by atoms with Gasteiger partial charge in [-0.05, 0) is 23.8 Å². The first-order chi connectivity index (χ1) is 11.8. The third-order valence-corrected chi connectivity index (χ3v) is 4.37. The summed E-state index contributed by atoms with van der Waals surface area (Å²) in [6, 6.07) is 9.33. The first-order valence-corrected chi connectivity index (χ1v) is 8.15. The highest BCUT2D eigenvalue weighted by atomic mass is 16.6. The van der Waals surface area contributed by atoms with Crippen LogP contribution in [-0.4, -0.2) is 48.6 Å². The van der Waals surface area contributed by atoms with Crippen molar-refractivity contribution < 1.29 is 14.3 Å². The Hall–Kier alpha value is -2.60. The van der Waals surface area contributed by atoms with Crippen LogP contribution in [0.1, 0.15) is 22.0 Å². The van der Waals surface area contributed by atoms with Gasteiger partial charge in [-0.25, -0.2) is 0 Å². The van der Waals surface area contributed by atoms with Gasteiger partial charge in [0.25, 0.3) is 5.91 Å². The molecule has 6 nitrogen and oxygen atoms in total. The van der Waals surface area contributed by atoms with Gasteiger partial charge in [-0.3, -0.25) is 9.78 Å². The molecule has 1 atom stereocenters. The number of benzene rings is 1. The topological polar surface area (TPSA) is 63.7 Å². The van der Waals surface area contributed by atoms with Gasteiger partial charge < -0.3 is 19.7 Å². The molecule has 0 radical (unpaired) electrons. The highest BCUT2D eigenvalue weighted by molar-refractivity contribution is 5.98. The average molecular weight is 325 g/mol. The molecule has 1 N–H and O–H groups in total. The highest BCUT2D eigenvalue weighted by Crippen LogP contribution is 2.35. The van der Waals surface area contributed by atoms with Crippen LogP contribution < -0.4 is 14.8 Å². The Morgan fingerprint density at radius 1 is 1.21 bits per heavy atom. The Kier molecular flexibility index (Phi) is 4.04. The van der Waals surface area contributed by atoms with E-state index < -0.39 is 0 Å². The third-order valence-electron chi connectivity index (χ3n) is 4.37. The highest BCUT2D eigenvalue weighted by Gasteiger charge is 2.31. The maximum atomic E-state index is 13.2. The van der Waals surface area contributed by atoms with Crippen LogP contribution in [-0.2, 0) is 0 Å². The van der Waals surface area contributed by atoms with Crippen LogP contribution in [0.3, 0.4) is 0 Å². The molecule has 124 valence electrons. The van der Waals surface area contributed by atoms with Crippen molar-refractivity contribution in [2.24, 2.45) is 0 Å². The number of nitrogens with one attached hydrogen (secondary N) is 1. The van der Waals surface area contributed by atoms with Gasteiger partial charge >= 0.3 is 0 Å². The van der Waals surface area contributed by atoms with Gasteiger partial charge in [-0.15, -0.1) is 0 Å². The van der Waals surface area contributed by atoms with Crippen LogP contribution in [0.2, 0.25) is 0 Å². The van der Waals surface area contributed by atoms with E-state index in [4.69, 9.17) is 9.47 Å². The molecule has 0 spiro atoms. The summed E-state index contributed by atoms with van der Waals surface area (Å²) in [6.45, 7) is 3.10. The molecule has 24 heavy (non-hydrogen) atoms. The van der Waals surface area contributed by atoms with Crippen LogP contribution in [0.4, 0.5) is 0 Å². The lowest BCUT2D eigenvalue weighted by atomic mass is 10.0. The van der Waals surface area contributed by atoms with Crippen LogP contribution in [0, 0.1) is 0 Å². The van der Waals surface area contributed by atoms with E-state index in [0.717, 1.165) is 12.1 Å². The number of nitrogens with zero attached hydrogens (tertiary/aromatic N) is 2. The van der Waals surface area contributed by atoms with Crippen molar-refractivity contribution in [3.63, 3.8) is 0 Å². The maximum absolute atomic E-state index is 13.2. The first-order valence-electron chi connectivity index (χ1n) is 8.15. The van der Waals surface area contributed by atoms with Crippen molar-refractivity contribution in [2.45, 2.75) is 6.04 Å². The van der Waals surface area contributed by atoms with Crippen molar-refractivity contribution in [1.82, 2.24) is 15.2 Å². The number of aromatic nitrogens is 1. The first kappa shape index (κ1) is 15.0. The van der Waals surface area contributed by atoms with E-state index in [1.54, 1.807) is 12.3 Å². The molecule has 1 saturated heterocycles. The number of piperazine rings is 1. The molecule has 0 bridgehead atoms. The predicted molar refractivity (Wildman–Crippen MR) is 88.3 cm³/mol. The van der Waals surface area contributed by atoms with Gasteiger partial charge in [-0.1, -0.05) is 12.1 Å². The number of amides is 1. The van der Waals surface area contributed by atoms with Crippen LogP contribution in [0.5, 0.6) is 11.5 Å². The van der Waals surface area contributed by atoms with Gasteiger partial charge in [0.1, 0.15) is 13.2 Å². The molecule has 0 saturated carbocycles. The van der Waals surface area contributed by atoms with E-state index in [1.807, 2.05) is 35.4 Å². The van der Waals surface area contributed by atoms with Crippen LogP contribution >= 0.6 is 0 Å². The second-order valence-corrected chi connectivity index (χ2v) is 5.83. The number of para-hydroxylation sites is 1. The number of pyridine rings is 1. The molecule has 0 aliphatic carbocycles. The van der Waals surface area contributed by atoms with Crippen LogP contribution in [0.25, 0.3) is 0 Å². The summed E-state index contributed by atoms with van der Waals surface area (Å²) in [7, 11) is 0. The number of fused-ring (bicyclic) bond motifs is 1. The summed E-state index contributed by atoms with van der Waals surface area (Å²) in [4.78, 5) is 19.3. The zero-order valence-corrected chi connectivity index (χ0v) is 13.3. The molecule has 1 unspecified atom stereocenters. The van der Waals surface area contributed by atoms with Gasteiger partial charge in [0.05, 0.1) is 11.6 Å². The molecule has 2 aliphatic rings. The fourth-order valence-electron chi connectivity index (χ4n) is 3.22. The fraction of sp³-hybridized carbons (Fsp3) is 0.333. The van der Waals surface area contributed by atoms with Crippen molar-refractivity contribution >= 4 is 5.91 Å². The van der Waals surface area contributed by atoms with E-state index in [1.165, 1.54) is 0 Å².